The van der Waals surface area contributed by atoms with Gasteiger partial charge in [-0.3, -0.25) is 0 Å². The molecule has 0 aliphatic heterocycles. The molecule has 2 aromatic heterocycles. The molecule has 9 heteroatoms. The molecule has 3 aromatic carbocycles. The number of nitrogens with zero attached hydrogens (tertiary/aromatic N) is 6. The van der Waals surface area contributed by atoms with Gasteiger partial charge in [-0.15, -0.1) is 5.10 Å². The van der Waals surface area contributed by atoms with Crippen LogP contribution in [-0.4, -0.2) is 46.5 Å². The first-order chi connectivity index (χ1) is 17.5. The summed E-state index contributed by atoms with van der Waals surface area (Å²) in [6.07, 6.45) is 0.733. The van der Waals surface area contributed by atoms with Crippen molar-refractivity contribution in [1.82, 2.24) is 35.4 Å². The van der Waals surface area contributed by atoms with Gasteiger partial charge < -0.3 is 5.11 Å². The number of rotatable bonds is 8. The van der Waals surface area contributed by atoms with E-state index >= 15 is 0 Å². The van der Waals surface area contributed by atoms with Crippen molar-refractivity contribution in [3.05, 3.63) is 101 Å². The Bertz CT molecular complexity index is 1470. The van der Waals surface area contributed by atoms with E-state index in [9.17, 15) is 9.90 Å². The van der Waals surface area contributed by atoms with E-state index in [0.29, 0.717) is 12.4 Å². The van der Waals surface area contributed by atoms with Crippen molar-refractivity contribution in [3.8, 4) is 22.5 Å². The summed E-state index contributed by atoms with van der Waals surface area (Å²) in [5, 5.41) is 28.2. The Hall–Kier alpha value is -4.66. The number of H-pyrrole nitrogens is 1. The summed E-state index contributed by atoms with van der Waals surface area (Å²) < 4.78 is 1.94. The van der Waals surface area contributed by atoms with Crippen LogP contribution in [0.3, 0.4) is 0 Å². The number of aromatic nitrogens is 7. The van der Waals surface area contributed by atoms with Crippen molar-refractivity contribution >= 4 is 5.97 Å². The fourth-order valence-corrected chi connectivity index (χ4v) is 4.23. The van der Waals surface area contributed by atoms with Crippen LogP contribution in [0.25, 0.3) is 22.5 Å². The zero-order chi connectivity index (χ0) is 25.1. The van der Waals surface area contributed by atoms with Crippen LogP contribution >= 0.6 is 0 Å². The van der Waals surface area contributed by atoms with E-state index in [2.05, 4.69) is 51.8 Å². The maximum Gasteiger partial charge on any atom is 0.335 e. The summed E-state index contributed by atoms with van der Waals surface area (Å²) in [4.78, 5) is 16.0. The minimum Gasteiger partial charge on any atom is -0.478 e. The number of aromatic carboxylic acids is 1. The Morgan fingerprint density at radius 1 is 1.00 bits per heavy atom. The minimum atomic E-state index is -0.936. The molecule has 0 aliphatic carbocycles. The number of aromatic amines is 1. The molecule has 0 saturated heterocycles. The first-order valence-corrected chi connectivity index (χ1v) is 11.7. The van der Waals surface area contributed by atoms with Crippen molar-refractivity contribution < 1.29 is 9.90 Å². The number of aryl methyl sites for hydroxylation is 1. The third-order valence-corrected chi connectivity index (χ3v) is 6.23. The molecule has 0 bridgehead atoms. The quantitative estimate of drug-likeness (QED) is 0.334. The SMILES string of the molecule is CCc1nc(C(C)c2ccc(C(=O)O)cc2)n(Cc2ccc(-c3ccccc3-c3nnn[nH]3)cc2)n1. The fourth-order valence-electron chi connectivity index (χ4n) is 4.23. The predicted molar refractivity (Wildman–Crippen MR) is 134 cm³/mol. The lowest BCUT2D eigenvalue weighted by Gasteiger charge is -2.14. The van der Waals surface area contributed by atoms with Crippen LogP contribution in [0.5, 0.6) is 0 Å². The van der Waals surface area contributed by atoms with Gasteiger partial charge in [0.25, 0.3) is 0 Å². The predicted octanol–water partition coefficient (Wildman–Crippen LogP) is 4.59. The van der Waals surface area contributed by atoms with Crippen molar-refractivity contribution in [2.75, 3.05) is 0 Å². The number of carbonyl (C=O) groups is 1. The van der Waals surface area contributed by atoms with Gasteiger partial charge in [0.15, 0.2) is 11.6 Å². The zero-order valence-corrected chi connectivity index (χ0v) is 20.0. The number of tetrazole rings is 1. The van der Waals surface area contributed by atoms with Crippen molar-refractivity contribution in [1.29, 1.82) is 0 Å². The molecule has 9 nitrogen and oxygen atoms in total. The summed E-state index contributed by atoms with van der Waals surface area (Å²) in [5.41, 5.74) is 5.39. The Morgan fingerprint density at radius 2 is 1.72 bits per heavy atom. The minimum absolute atomic E-state index is 0.0395. The monoisotopic (exact) mass is 479 g/mol. The first kappa shape index (κ1) is 23.1. The van der Waals surface area contributed by atoms with E-state index in [1.54, 1.807) is 12.1 Å². The van der Waals surface area contributed by atoms with Gasteiger partial charge in [0, 0.05) is 17.9 Å². The normalized spacial score (nSPS) is 11.9. The molecule has 0 saturated carbocycles. The second kappa shape index (κ2) is 9.91. The average molecular weight is 480 g/mol. The molecule has 0 fully saturated rings. The van der Waals surface area contributed by atoms with Crippen LogP contribution in [0.15, 0.2) is 72.8 Å². The fraction of sp³-hybridized carbons (Fsp3) is 0.185. The second-order valence-electron chi connectivity index (χ2n) is 8.54. The molecule has 0 radical (unpaired) electrons. The third kappa shape index (κ3) is 4.63. The lowest BCUT2D eigenvalue weighted by molar-refractivity contribution is 0.0697. The second-order valence-corrected chi connectivity index (χ2v) is 8.54. The van der Waals surface area contributed by atoms with E-state index < -0.39 is 5.97 Å². The van der Waals surface area contributed by atoms with E-state index in [0.717, 1.165) is 45.9 Å². The van der Waals surface area contributed by atoms with Crippen LogP contribution in [-0.2, 0) is 13.0 Å². The Balaban J connectivity index is 1.41. The summed E-state index contributed by atoms with van der Waals surface area (Å²) >= 11 is 0. The topological polar surface area (TPSA) is 122 Å². The van der Waals surface area contributed by atoms with Gasteiger partial charge in [-0.1, -0.05) is 74.5 Å². The van der Waals surface area contributed by atoms with Crippen molar-refractivity contribution in [3.63, 3.8) is 0 Å². The molecule has 0 spiro atoms. The Morgan fingerprint density at radius 3 is 2.36 bits per heavy atom. The lowest BCUT2D eigenvalue weighted by Crippen LogP contribution is -2.11. The van der Waals surface area contributed by atoms with E-state index in [-0.39, 0.29) is 11.5 Å². The van der Waals surface area contributed by atoms with Crippen LogP contribution in [0.2, 0.25) is 0 Å². The molecule has 0 aliphatic rings. The average Bonchev–Trinajstić information content (AvgIpc) is 3.59. The van der Waals surface area contributed by atoms with Gasteiger partial charge in [0.2, 0.25) is 0 Å². The molecular weight excluding hydrogens is 454 g/mol. The Labute approximate surface area is 207 Å². The molecule has 5 aromatic rings. The molecule has 1 unspecified atom stereocenters. The zero-order valence-electron chi connectivity index (χ0n) is 20.0. The Kier molecular flexibility index (Phi) is 6.36. The standard InChI is InChI=1S/C27H25N7O2/c1-3-24-28-26(17(2)19-12-14-21(15-13-19)27(35)36)34(31-24)16-18-8-10-20(11-9-18)22-6-4-5-7-23(22)25-29-32-33-30-25/h4-15,17H,3,16H2,1-2H3,(H,35,36)(H,29,30,32,33). The van der Waals surface area contributed by atoms with E-state index in [4.69, 9.17) is 10.1 Å². The summed E-state index contributed by atoms with van der Waals surface area (Å²) in [6.45, 7) is 4.67. The lowest BCUT2D eigenvalue weighted by atomic mass is 9.98. The third-order valence-electron chi connectivity index (χ3n) is 6.23. The molecule has 2 heterocycles. The number of nitrogens with one attached hydrogen (secondary N) is 1. The molecular formula is C27H25N7O2. The summed E-state index contributed by atoms with van der Waals surface area (Å²) in [5.74, 6) is 1.28. The molecule has 0 amide bonds. The maximum atomic E-state index is 11.2. The molecule has 2 N–H and O–H groups in total. The van der Waals surface area contributed by atoms with Gasteiger partial charge in [0.1, 0.15) is 5.82 Å². The highest BCUT2D eigenvalue weighted by Crippen LogP contribution is 2.30. The molecule has 5 rings (SSSR count). The van der Waals surface area contributed by atoms with Gasteiger partial charge in [-0.2, -0.15) is 5.10 Å². The van der Waals surface area contributed by atoms with Crippen LogP contribution in [0.1, 0.15) is 52.9 Å². The maximum absolute atomic E-state index is 11.2. The number of carboxylic acids is 1. The number of benzene rings is 3. The van der Waals surface area contributed by atoms with E-state index in [1.807, 2.05) is 48.0 Å². The molecule has 180 valence electrons. The highest BCUT2D eigenvalue weighted by Gasteiger charge is 2.19. The summed E-state index contributed by atoms with van der Waals surface area (Å²) in [7, 11) is 0. The smallest absolute Gasteiger partial charge is 0.335 e. The molecule has 1 atom stereocenters. The van der Waals surface area contributed by atoms with Gasteiger partial charge in [-0.05, 0) is 44.8 Å². The van der Waals surface area contributed by atoms with Gasteiger partial charge in [0.05, 0.1) is 12.1 Å². The van der Waals surface area contributed by atoms with Gasteiger partial charge >= 0.3 is 5.97 Å². The number of hydrogen-bond acceptors (Lipinski definition) is 6. The largest absolute Gasteiger partial charge is 0.478 e. The van der Waals surface area contributed by atoms with Crippen molar-refractivity contribution in [2.24, 2.45) is 0 Å². The number of carboxylic acid groups (broad SMARTS) is 1. The highest BCUT2D eigenvalue weighted by atomic mass is 16.4. The van der Waals surface area contributed by atoms with Gasteiger partial charge in [-0.25, -0.2) is 19.6 Å². The van der Waals surface area contributed by atoms with E-state index in [1.165, 1.54) is 0 Å². The van der Waals surface area contributed by atoms with Crippen LogP contribution < -0.4 is 0 Å². The summed E-state index contributed by atoms with van der Waals surface area (Å²) in [6, 6.07) is 23.3. The first-order valence-electron chi connectivity index (χ1n) is 11.7. The molecule has 36 heavy (non-hydrogen) atoms. The number of hydrogen-bond donors (Lipinski definition) is 2. The van der Waals surface area contributed by atoms with Crippen molar-refractivity contribution in [2.45, 2.75) is 32.7 Å². The highest BCUT2D eigenvalue weighted by molar-refractivity contribution is 5.87. The van der Waals surface area contributed by atoms with Crippen LogP contribution in [0.4, 0.5) is 0 Å². The van der Waals surface area contributed by atoms with Crippen LogP contribution in [0, 0.1) is 0 Å².